The third kappa shape index (κ3) is 2.71. The highest BCUT2D eigenvalue weighted by Gasteiger charge is 2.18. The third-order valence-corrected chi connectivity index (χ3v) is 2.55. The lowest BCUT2D eigenvalue weighted by Crippen LogP contribution is -2.17. The van der Waals surface area contributed by atoms with E-state index in [1.165, 1.54) is 0 Å². The van der Waals surface area contributed by atoms with Gasteiger partial charge in [0.05, 0.1) is 12.8 Å². The fraction of sp³-hybridized carbons (Fsp3) is 0.333. The van der Waals surface area contributed by atoms with Gasteiger partial charge in [-0.2, -0.15) is 0 Å². The minimum atomic E-state index is -1.02. The number of aliphatic carboxylic acids is 2. The molecule has 96 valence electrons. The molecule has 0 saturated heterocycles. The molecule has 0 saturated carbocycles. The molecule has 0 bridgehead atoms. The zero-order valence-electron chi connectivity index (χ0n) is 9.51. The predicted octanol–water partition coefficient (Wildman–Crippen LogP) is 0.712. The zero-order valence-corrected chi connectivity index (χ0v) is 9.51. The van der Waals surface area contributed by atoms with Gasteiger partial charge < -0.3 is 19.7 Å². The standard InChI is InChI=1S/C12H12O6/c13-11(14)5-7-3-9-10(18-2-1-17-9)4-8(7)6-12(15)16/h3-4H,1-2,5-6H2,(H,13,14)(H,15,16). The van der Waals surface area contributed by atoms with E-state index >= 15 is 0 Å². The highest BCUT2D eigenvalue weighted by Crippen LogP contribution is 2.33. The molecule has 1 aromatic rings. The molecule has 1 aromatic carbocycles. The summed E-state index contributed by atoms with van der Waals surface area (Å²) in [5.74, 6) is -1.10. The number of hydrogen-bond acceptors (Lipinski definition) is 4. The number of carbonyl (C=O) groups is 2. The number of hydrogen-bond donors (Lipinski definition) is 2. The van der Waals surface area contributed by atoms with Crippen molar-refractivity contribution in [1.29, 1.82) is 0 Å². The Balaban J connectivity index is 2.40. The molecule has 6 nitrogen and oxygen atoms in total. The summed E-state index contributed by atoms with van der Waals surface area (Å²) in [6.07, 6.45) is -0.474. The van der Waals surface area contributed by atoms with Crippen LogP contribution in [0.15, 0.2) is 12.1 Å². The van der Waals surface area contributed by atoms with E-state index < -0.39 is 11.9 Å². The molecule has 0 aliphatic carbocycles. The SMILES string of the molecule is O=C(O)Cc1cc2c(cc1CC(=O)O)OCCO2. The molecule has 0 aromatic heterocycles. The molecular formula is C12H12O6. The van der Waals surface area contributed by atoms with Crippen LogP contribution < -0.4 is 9.47 Å². The van der Waals surface area contributed by atoms with Crippen molar-refractivity contribution in [3.8, 4) is 11.5 Å². The Kier molecular flexibility index (Phi) is 3.36. The van der Waals surface area contributed by atoms with Crippen molar-refractivity contribution in [2.45, 2.75) is 12.8 Å². The third-order valence-electron chi connectivity index (χ3n) is 2.55. The van der Waals surface area contributed by atoms with Crippen LogP contribution in [0.5, 0.6) is 11.5 Å². The van der Waals surface area contributed by atoms with E-state index in [0.29, 0.717) is 35.8 Å². The van der Waals surface area contributed by atoms with Crippen molar-refractivity contribution in [3.63, 3.8) is 0 Å². The molecule has 0 unspecified atom stereocenters. The van der Waals surface area contributed by atoms with Gasteiger partial charge in [0.1, 0.15) is 13.2 Å². The molecule has 1 aliphatic rings. The van der Waals surface area contributed by atoms with E-state index in [9.17, 15) is 9.59 Å². The van der Waals surface area contributed by atoms with Crippen LogP contribution in [0, 0.1) is 0 Å². The number of carboxylic acids is 2. The summed E-state index contributed by atoms with van der Waals surface area (Å²) >= 11 is 0. The van der Waals surface area contributed by atoms with Crippen LogP contribution in [0.2, 0.25) is 0 Å². The van der Waals surface area contributed by atoms with Crippen molar-refractivity contribution < 1.29 is 29.3 Å². The summed E-state index contributed by atoms with van der Waals surface area (Å²) in [5.41, 5.74) is 0.878. The van der Waals surface area contributed by atoms with E-state index in [0.717, 1.165) is 0 Å². The van der Waals surface area contributed by atoms with Gasteiger partial charge >= 0.3 is 11.9 Å². The molecule has 0 amide bonds. The quantitative estimate of drug-likeness (QED) is 0.819. The van der Waals surface area contributed by atoms with Crippen molar-refractivity contribution in [1.82, 2.24) is 0 Å². The normalized spacial score (nSPS) is 13.1. The lowest BCUT2D eigenvalue weighted by atomic mass is 10.0. The van der Waals surface area contributed by atoms with Gasteiger partial charge in [-0.05, 0) is 23.3 Å². The van der Waals surface area contributed by atoms with Gasteiger partial charge in [0.25, 0.3) is 0 Å². The number of carboxylic acid groups (broad SMARTS) is 2. The Morgan fingerprint density at radius 3 is 1.67 bits per heavy atom. The first-order valence-electron chi connectivity index (χ1n) is 5.41. The van der Waals surface area contributed by atoms with Gasteiger partial charge in [-0.3, -0.25) is 9.59 Å². The Hall–Kier alpha value is -2.24. The summed E-state index contributed by atoms with van der Waals surface area (Å²) in [7, 11) is 0. The van der Waals surface area contributed by atoms with Gasteiger partial charge in [0, 0.05) is 0 Å². The number of ether oxygens (including phenoxy) is 2. The Bertz CT molecular complexity index is 449. The van der Waals surface area contributed by atoms with E-state index in [-0.39, 0.29) is 12.8 Å². The molecule has 0 radical (unpaired) electrons. The van der Waals surface area contributed by atoms with Gasteiger partial charge in [0.15, 0.2) is 11.5 Å². The summed E-state index contributed by atoms with van der Waals surface area (Å²) in [4.78, 5) is 21.5. The first-order valence-corrected chi connectivity index (χ1v) is 5.41. The highest BCUT2D eigenvalue weighted by molar-refractivity contribution is 5.75. The van der Waals surface area contributed by atoms with Crippen LogP contribution in [0.4, 0.5) is 0 Å². The molecule has 1 heterocycles. The molecule has 18 heavy (non-hydrogen) atoms. The second kappa shape index (κ2) is 4.95. The molecule has 2 rings (SSSR count). The predicted molar refractivity (Wildman–Crippen MR) is 60.1 cm³/mol. The maximum absolute atomic E-state index is 10.8. The molecule has 0 spiro atoms. The fourth-order valence-corrected chi connectivity index (χ4v) is 1.83. The van der Waals surface area contributed by atoms with Crippen molar-refractivity contribution in [3.05, 3.63) is 23.3 Å². The monoisotopic (exact) mass is 252 g/mol. The lowest BCUT2D eigenvalue weighted by Gasteiger charge is -2.20. The van der Waals surface area contributed by atoms with Crippen LogP contribution in [0.3, 0.4) is 0 Å². The first-order chi connectivity index (χ1) is 8.56. The zero-order chi connectivity index (χ0) is 13.1. The van der Waals surface area contributed by atoms with Gasteiger partial charge in [-0.25, -0.2) is 0 Å². The van der Waals surface area contributed by atoms with Crippen molar-refractivity contribution >= 4 is 11.9 Å². The second-order valence-corrected chi connectivity index (χ2v) is 3.91. The van der Waals surface area contributed by atoms with Crippen LogP contribution in [0.1, 0.15) is 11.1 Å². The Morgan fingerprint density at radius 2 is 1.33 bits per heavy atom. The first kappa shape index (κ1) is 12.2. The smallest absolute Gasteiger partial charge is 0.307 e. The molecule has 1 aliphatic heterocycles. The van der Waals surface area contributed by atoms with Crippen molar-refractivity contribution in [2.75, 3.05) is 13.2 Å². The molecular weight excluding hydrogens is 240 g/mol. The van der Waals surface area contributed by atoms with Crippen LogP contribution in [-0.4, -0.2) is 35.4 Å². The fourth-order valence-electron chi connectivity index (χ4n) is 1.83. The topological polar surface area (TPSA) is 93.1 Å². The maximum Gasteiger partial charge on any atom is 0.307 e. The highest BCUT2D eigenvalue weighted by atomic mass is 16.6. The summed E-state index contributed by atoms with van der Waals surface area (Å²) < 4.78 is 10.7. The van der Waals surface area contributed by atoms with E-state index in [1.807, 2.05) is 0 Å². The molecule has 0 atom stereocenters. The van der Waals surface area contributed by atoms with E-state index in [2.05, 4.69) is 0 Å². The van der Waals surface area contributed by atoms with Crippen LogP contribution in [0.25, 0.3) is 0 Å². The average molecular weight is 252 g/mol. The average Bonchev–Trinajstić information content (AvgIpc) is 2.28. The largest absolute Gasteiger partial charge is 0.486 e. The lowest BCUT2D eigenvalue weighted by molar-refractivity contribution is -0.137. The van der Waals surface area contributed by atoms with Crippen LogP contribution >= 0.6 is 0 Å². The van der Waals surface area contributed by atoms with E-state index in [1.54, 1.807) is 12.1 Å². The van der Waals surface area contributed by atoms with Crippen molar-refractivity contribution in [2.24, 2.45) is 0 Å². The summed E-state index contributed by atoms with van der Waals surface area (Å²) in [6, 6.07) is 3.09. The second-order valence-electron chi connectivity index (χ2n) is 3.91. The Morgan fingerprint density at radius 1 is 0.944 bits per heavy atom. The Labute approximate surface area is 103 Å². The van der Waals surface area contributed by atoms with Gasteiger partial charge in [-0.1, -0.05) is 0 Å². The molecule has 6 heteroatoms. The number of fused-ring (bicyclic) bond motifs is 1. The summed E-state index contributed by atoms with van der Waals surface area (Å²) in [5, 5.41) is 17.6. The minimum Gasteiger partial charge on any atom is -0.486 e. The maximum atomic E-state index is 10.8. The summed E-state index contributed by atoms with van der Waals surface area (Å²) in [6.45, 7) is 0.801. The van der Waals surface area contributed by atoms with E-state index in [4.69, 9.17) is 19.7 Å². The number of rotatable bonds is 4. The minimum absolute atomic E-state index is 0.237. The van der Waals surface area contributed by atoms with Gasteiger partial charge in [0.2, 0.25) is 0 Å². The molecule has 2 N–H and O–H groups in total. The molecule has 0 fully saturated rings. The van der Waals surface area contributed by atoms with Crippen LogP contribution in [-0.2, 0) is 22.4 Å². The van der Waals surface area contributed by atoms with Gasteiger partial charge in [-0.15, -0.1) is 0 Å². The number of benzene rings is 1.